The smallest absolute Gasteiger partial charge is 0.166 e. The van der Waals surface area contributed by atoms with E-state index in [-0.39, 0.29) is 11.7 Å². The summed E-state index contributed by atoms with van der Waals surface area (Å²) in [6.07, 6.45) is 8.79. The average Bonchev–Trinajstić information content (AvgIpc) is 3.20. The van der Waals surface area contributed by atoms with Crippen molar-refractivity contribution in [1.82, 2.24) is 0 Å². The van der Waals surface area contributed by atoms with Crippen LogP contribution in [0.25, 0.3) is 11.1 Å². The van der Waals surface area contributed by atoms with Crippen molar-refractivity contribution in [2.45, 2.75) is 47.0 Å². The van der Waals surface area contributed by atoms with E-state index in [1.165, 1.54) is 27.8 Å². The van der Waals surface area contributed by atoms with Crippen LogP contribution in [0.15, 0.2) is 66.3 Å². The highest BCUT2D eigenvalue weighted by Gasteiger charge is 2.25. The number of hydrogen-bond acceptors (Lipinski definition) is 1. The zero-order valence-electron chi connectivity index (χ0n) is 17.0. The van der Waals surface area contributed by atoms with Crippen LogP contribution in [0.3, 0.4) is 0 Å². The second-order valence-electron chi connectivity index (χ2n) is 7.93. The largest absolute Gasteiger partial charge is 0.294 e. The van der Waals surface area contributed by atoms with Crippen molar-refractivity contribution >= 4 is 5.78 Å². The van der Waals surface area contributed by atoms with Crippen molar-refractivity contribution in [2.75, 3.05) is 0 Å². The van der Waals surface area contributed by atoms with Gasteiger partial charge in [-0.15, -0.1) is 0 Å². The molecule has 0 radical (unpaired) electrons. The lowest BCUT2D eigenvalue weighted by Gasteiger charge is -2.21. The zero-order chi connectivity index (χ0) is 19.4. The summed E-state index contributed by atoms with van der Waals surface area (Å²) in [6.45, 7) is 8.63. The van der Waals surface area contributed by atoms with E-state index >= 15 is 0 Å². The summed E-state index contributed by atoms with van der Waals surface area (Å²) in [5, 5.41) is 0. The first-order valence-electron chi connectivity index (χ1n) is 10.1. The van der Waals surface area contributed by atoms with Crippen LogP contribution in [0.5, 0.6) is 0 Å². The molecule has 0 fully saturated rings. The molecule has 1 atom stereocenters. The van der Waals surface area contributed by atoms with E-state index in [1.807, 2.05) is 6.08 Å². The highest BCUT2D eigenvalue weighted by Crippen LogP contribution is 2.29. The summed E-state index contributed by atoms with van der Waals surface area (Å²) in [7, 11) is 0. The summed E-state index contributed by atoms with van der Waals surface area (Å²) in [6, 6.07) is 15.5. The fourth-order valence-corrected chi connectivity index (χ4v) is 3.80. The van der Waals surface area contributed by atoms with E-state index in [4.69, 9.17) is 0 Å². The molecular formula is C26H30O. The molecule has 3 rings (SSSR count). The van der Waals surface area contributed by atoms with Crippen LogP contribution in [0.4, 0.5) is 0 Å². The first-order chi connectivity index (χ1) is 13.0. The molecule has 0 heterocycles. The number of allylic oxidation sites excluding steroid dienone is 4. The van der Waals surface area contributed by atoms with Gasteiger partial charge < -0.3 is 0 Å². The number of hydrogen-bond donors (Lipinski definition) is 0. The highest BCUT2D eigenvalue weighted by atomic mass is 16.1. The standard InChI is InChI=1S/C26H30O/c1-5-21-15-12-20(17-25(21)22-13-10-19(4)11-14-22)16-24(18(2)3)26(27)23-8-6-7-9-23/h6,8-15,17-18,24H,5,7,16H2,1-4H3. The zero-order valence-corrected chi connectivity index (χ0v) is 17.0. The Labute approximate surface area is 163 Å². The topological polar surface area (TPSA) is 17.1 Å². The molecular weight excluding hydrogens is 328 g/mol. The van der Waals surface area contributed by atoms with E-state index in [1.54, 1.807) is 0 Å². The van der Waals surface area contributed by atoms with Crippen LogP contribution in [-0.4, -0.2) is 5.78 Å². The van der Waals surface area contributed by atoms with Gasteiger partial charge in [0.15, 0.2) is 5.78 Å². The molecule has 0 bridgehead atoms. The summed E-state index contributed by atoms with van der Waals surface area (Å²) >= 11 is 0. The number of carbonyl (C=O) groups excluding carboxylic acids is 1. The quantitative estimate of drug-likeness (QED) is 0.552. The normalized spacial score (nSPS) is 14.5. The number of Topliss-reactive ketones (excluding diaryl/α,β-unsaturated/α-hetero) is 1. The van der Waals surface area contributed by atoms with Crippen LogP contribution >= 0.6 is 0 Å². The molecule has 1 nitrogen and oxygen atoms in total. The number of rotatable bonds is 7. The Morgan fingerprint density at radius 1 is 1.07 bits per heavy atom. The monoisotopic (exact) mass is 358 g/mol. The summed E-state index contributed by atoms with van der Waals surface area (Å²) < 4.78 is 0. The van der Waals surface area contributed by atoms with Crippen LogP contribution < -0.4 is 0 Å². The van der Waals surface area contributed by atoms with Gasteiger partial charge in [0, 0.05) is 11.5 Å². The second-order valence-corrected chi connectivity index (χ2v) is 7.93. The third kappa shape index (κ3) is 4.47. The maximum absolute atomic E-state index is 13.0. The molecule has 140 valence electrons. The molecule has 0 amide bonds. The van der Waals surface area contributed by atoms with Crippen molar-refractivity contribution in [3.05, 3.63) is 83.0 Å². The lowest BCUT2D eigenvalue weighted by atomic mass is 9.82. The van der Waals surface area contributed by atoms with Crippen molar-refractivity contribution in [1.29, 1.82) is 0 Å². The molecule has 0 saturated carbocycles. The van der Waals surface area contributed by atoms with Crippen LogP contribution in [0, 0.1) is 18.8 Å². The lowest BCUT2D eigenvalue weighted by Crippen LogP contribution is -2.23. The molecule has 1 aliphatic rings. The Morgan fingerprint density at radius 3 is 2.41 bits per heavy atom. The molecule has 0 aromatic heterocycles. The lowest BCUT2D eigenvalue weighted by molar-refractivity contribution is -0.120. The maximum Gasteiger partial charge on any atom is 0.166 e. The maximum atomic E-state index is 13.0. The minimum absolute atomic E-state index is 0.0253. The van der Waals surface area contributed by atoms with Gasteiger partial charge in [-0.1, -0.05) is 87.0 Å². The predicted molar refractivity (Wildman–Crippen MR) is 115 cm³/mol. The SMILES string of the molecule is CCc1ccc(CC(C(=O)C2=CCC=C2)C(C)C)cc1-c1ccc(C)cc1. The molecule has 0 N–H and O–H groups in total. The van der Waals surface area contributed by atoms with E-state index in [2.05, 4.69) is 82.3 Å². The molecule has 0 aliphatic heterocycles. The summed E-state index contributed by atoms with van der Waals surface area (Å²) in [5.41, 5.74) is 7.32. The molecule has 2 aromatic rings. The minimum atomic E-state index is 0.0253. The van der Waals surface area contributed by atoms with Gasteiger partial charge in [0.25, 0.3) is 0 Å². The van der Waals surface area contributed by atoms with Crippen LogP contribution in [0.1, 0.15) is 43.9 Å². The fourth-order valence-electron chi connectivity index (χ4n) is 3.80. The molecule has 0 spiro atoms. The first kappa shape index (κ1) is 19.4. The van der Waals surface area contributed by atoms with E-state index in [0.29, 0.717) is 5.92 Å². The van der Waals surface area contributed by atoms with Gasteiger partial charge >= 0.3 is 0 Å². The molecule has 1 aliphatic carbocycles. The van der Waals surface area contributed by atoms with Gasteiger partial charge in [0.2, 0.25) is 0 Å². The van der Waals surface area contributed by atoms with Crippen LogP contribution in [-0.2, 0) is 17.6 Å². The second kappa shape index (κ2) is 8.52. The number of ketones is 1. The van der Waals surface area contributed by atoms with Crippen molar-refractivity contribution in [3.63, 3.8) is 0 Å². The van der Waals surface area contributed by atoms with E-state index in [0.717, 1.165) is 24.8 Å². The van der Waals surface area contributed by atoms with Crippen molar-refractivity contribution in [3.8, 4) is 11.1 Å². The van der Waals surface area contributed by atoms with Gasteiger partial charge in [-0.25, -0.2) is 0 Å². The summed E-state index contributed by atoms with van der Waals surface area (Å²) in [5.74, 6) is 0.633. The number of carbonyl (C=O) groups is 1. The third-order valence-electron chi connectivity index (χ3n) is 5.57. The molecule has 0 saturated heterocycles. The number of aryl methyl sites for hydroxylation is 2. The fraction of sp³-hybridized carbons (Fsp3) is 0.346. The van der Waals surface area contributed by atoms with Gasteiger partial charge in [0.1, 0.15) is 0 Å². The van der Waals surface area contributed by atoms with Gasteiger partial charge in [-0.05, 0) is 54.4 Å². The molecule has 1 unspecified atom stereocenters. The Kier molecular flexibility index (Phi) is 6.11. The number of benzene rings is 2. The Morgan fingerprint density at radius 2 is 1.81 bits per heavy atom. The van der Waals surface area contributed by atoms with Crippen molar-refractivity contribution < 1.29 is 4.79 Å². The third-order valence-corrected chi connectivity index (χ3v) is 5.57. The highest BCUT2D eigenvalue weighted by molar-refractivity contribution is 6.00. The Bertz CT molecular complexity index is 866. The van der Waals surface area contributed by atoms with Gasteiger partial charge in [-0.3, -0.25) is 4.79 Å². The first-order valence-corrected chi connectivity index (χ1v) is 10.1. The van der Waals surface area contributed by atoms with Gasteiger partial charge in [-0.2, -0.15) is 0 Å². The summed E-state index contributed by atoms with van der Waals surface area (Å²) in [4.78, 5) is 13.0. The Hall–Kier alpha value is -2.41. The van der Waals surface area contributed by atoms with E-state index in [9.17, 15) is 4.79 Å². The molecule has 27 heavy (non-hydrogen) atoms. The van der Waals surface area contributed by atoms with Crippen LogP contribution in [0.2, 0.25) is 0 Å². The van der Waals surface area contributed by atoms with E-state index < -0.39 is 0 Å². The predicted octanol–water partition coefficient (Wildman–Crippen LogP) is 6.49. The van der Waals surface area contributed by atoms with Crippen molar-refractivity contribution in [2.24, 2.45) is 11.8 Å². The van der Waals surface area contributed by atoms with Gasteiger partial charge in [0.05, 0.1) is 0 Å². The Balaban J connectivity index is 1.91. The minimum Gasteiger partial charge on any atom is -0.294 e. The molecule has 2 aromatic carbocycles. The molecule has 1 heteroatoms. The average molecular weight is 359 g/mol.